The summed E-state index contributed by atoms with van der Waals surface area (Å²) in [4.78, 5) is 12.0. The molecule has 0 atom stereocenters. The Bertz CT molecular complexity index is 670. The number of nitrogens with zero attached hydrogens (tertiary/aromatic N) is 4. The van der Waals surface area contributed by atoms with Crippen LogP contribution >= 0.6 is 0 Å². The number of nitrogens with one attached hydrogen (secondary N) is 1. The van der Waals surface area contributed by atoms with Crippen molar-refractivity contribution in [3.05, 3.63) is 41.2 Å². The van der Waals surface area contributed by atoms with Gasteiger partial charge in [-0.05, 0) is 18.6 Å². The number of aromatic nitrogens is 3. The number of rotatable bonds is 4. The van der Waals surface area contributed by atoms with Crippen LogP contribution in [0.4, 0.5) is 5.69 Å². The van der Waals surface area contributed by atoms with Crippen LogP contribution in [-0.2, 0) is 6.54 Å². The molecule has 1 aromatic carbocycles. The molecule has 0 radical (unpaired) electrons. The Hall–Kier alpha value is -2.72. The molecule has 0 aliphatic heterocycles. The van der Waals surface area contributed by atoms with Crippen LogP contribution in [0.15, 0.2) is 24.4 Å². The maximum atomic E-state index is 12.0. The number of benzene rings is 1. The van der Waals surface area contributed by atoms with Gasteiger partial charge < -0.3 is 11.1 Å². The standard InChI is InChI=1S/C13H14N6O/c1-9-3-2-4-11(10(9)7-15)16-13(20)12-8-19(6-5-14)18-17-12/h2-4,8H,5-6,14H2,1H3,(H,16,20). The van der Waals surface area contributed by atoms with Crippen LogP contribution in [0.5, 0.6) is 0 Å². The summed E-state index contributed by atoms with van der Waals surface area (Å²) in [7, 11) is 0. The van der Waals surface area contributed by atoms with Gasteiger partial charge in [0.15, 0.2) is 5.69 Å². The number of nitrogens with two attached hydrogens (primary N) is 1. The molecule has 0 aliphatic rings. The van der Waals surface area contributed by atoms with Crippen molar-refractivity contribution in [2.75, 3.05) is 11.9 Å². The van der Waals surface area contributed by atoms with Gasteiger partial charge in [-0.2, -0.15) is 5.26 Å². The molecule has 0 bridgehead atoms. The largest absolute Gasteiger partial charge is 0.329 e. The molecule has 0 fully saturated rings. The van der Waals surface area contributed by atoms with Crippen molar-refractivity contribution in [2.24, 2.45) is 5.73 Å². The highest BCUT2D eigenvalue weighted by molar-refractivity contribution is 6.03. The van der Waals surface area contributed by atoms with E-state index in [0.717, 1.165) is 5.56 Å². The predicted molar refractivity (Wildman–Crippen MR) is 72.9 cm³/mol. The van der Waals surface area contributed by atoms with Gasteiger partial charge in [0.05, 0.1) is 24.0 Å². The van der Waals surface area contributed by atoms with Gasteiger partial charge in [-0.1, -0.05) is 17.3 Å². The van der Waals surface area contributed by atoms with Gasteiger partial charge in [0.2, 0.25) is 0 Å². The lowest BCUT2D eigenvalue weighted by Crippen LogP contribution is -2.14. The highest BCUT2D eigenvalue weighted by Crippen LogP contribution is 2.18. The quantitative estimate of drug-likeness (QED) is 0.848. The number of anilines is 1. The zero-order valence-corrected chi connectivity index (χ0v) is 11.0. The number of nitriles is 1. The summed E-state index contributed by atoms with van der Waals surface area (Å²) < 4.78 is 1.50. The SMILES string of the molecule is Cc1cccc(NC(=O)c2cn(CCN)nn2)c1C#N. The zero-order chi connectivity index (χ0) is 14.5. The Morgan fingerprint density at radius 3 is 3.05 bits per heavy atom. The topological polar surface area (TPSA) is 110 Å². The van der Waals surface area contributed by atoms with E-state index in [0.29, 0.717) is 24.3 Å². The summed E-state index contributed by atoms with van der Waals surface area (Å²) in [6.07, 6.45) is 1.52. The molecule has 0 saturated heterocycles. The smallest absolute Gasteiger partial charge is 0.277 e. The van der Waals surface area contributed by atoms with Crippen LogP contribution in [0.25, 0.3) is 0 Å². The van der Waals surface area contributed by atoms with Gasteiger partial charge in [0.25, 0.3) is 5.91 Å². The number of amides is 1. The Morgan fingerprint density at radius 1 is 1.55 bits per heavy atom. The Balaban J connectivity index is 2.19. The second-order valence-corrected chi connectivity index (χ2v) is 4.22. The Labute approximate surface area is 116 Å². The molecule has 3 N–H and O–H groups in total. The van der Waals surface area contributed by atoms with Crippen molar-refractivity contribution in [3.63, 3.8) is 0 Å². The second kappa shape index (κ2) is 5.95. The summed E-state index contributed by atoms with van der Waals surface area (Å²) in [5.74, 6) is -0.407. The molecule has 7 heteroatoms. The molecule has 0 aliphatic carbocycles. The number of hydrogen-bond donors (Lipinski definition) is 2. The minimum absolute atomic E-state index is 0.184. The van der Waals surface area contributed by atoms with Crippen LogP contribution in [0.3, 0.4) is 0 Å². The monoisotopic (exact) mass is 270 g/mol. The Kier molecular flexibility index (Phi) is 4.08. The van der Waals surface area contributed by atoms with E-state index < -0.39 is 5.91 Å². The molecule has 1 amide bonds. The minimum Gasteiger partial charge on any atom is -0.329 e. The highest BCUT2D eigenvalue weighted by Gasteiger charge is 2.13. The van der Waals surface area contributed by atoms with Crippen LogP contribution in [0.1, 0.15) is 21.6 Å². The van der Waals surface area contributed by atoms with Crippen LogP contribution < -0.4 is 11.1 Å². The third-order valence-corrected chi connectivity index (χ3v) is 2.76. The minimum atomic E-state index is -0.407. The number of carbonyl (C=O) groups is 1. The fourth-order valence-electron chi connectivity index (χ4n) is 1.75. The first kappa shape index (κ1) is 13.7. The fourth-order valence-corrected chi connectivity index (χ4v) is 1.75. The van der Waals surface area contributed by atoms with Gasteiger partial charge in [-0.15, -0.1) is 5.10 Å². The van der Waals surface area contributed by atoms with E-state index in [1.54, 1.807) is 12.1 Å². The molecule has 0 spiro atoms. The van der Waals surface area contributed by atoms with Crippen LogP contribution in [0.2, 0.25) is 0 Å². The van der Waals surface area contributed by atoms with Crippen molar-refractivity contribution in [3.8, 4) is 6.07 Å². The van der Waals surface area contributed by atoms with E-state index >= 15 is 0 Å². The normalized spacial score (nSPS) is 10.1. The van der Waals surface area contributed by atoms with Gasteiger partial charge in [0, 0.05) is 6.54 Å². The van der Waals surface area contributed by atoms with E-state index in [1.165, 1.54) is 10.9 Å². The molecular weight excluding hydrogens is 256 g/mol. The molecule has 102 valence electrons. The second-order valence-electron chi connectivity index (χ2n) is 4.22. The van der Waals surface area contributed by atoms with Crippen molar-refractivity contribution < 1.29 is 4.79 Å². The summed E-state index contributed by atoms with van der Waals surface area (Å²) in [5, 5.41) is 19.3. The number of aryl methyl sites for hydroxylation is 1. The van der Waals surface area contributed by atoms with Crippen molar-refractivity contribution >= 4 is 11.6 Å². The number of carbonyl (C=O) groups excluding carboxylic acids is 1. The highest BCUT2D eigenvalue weighted by atomic mass is 16.2. The molecule has 1 aromatic heterocycles. The molecular formula is C13H14N6O. The lowest BCUT2D eigenvalue weighted by molar-refractivity contribution is 0.102. The molecule has 1 heterocycles. The van der Waals surface area contributed by atoms with Crippen LogP contribution in [0, 0.1) is 18.3 Å². The lowest BCUT2D eigenvalue weighted by Gasteiger charge is -2.06. The molecule has 2 rings (SSSR count). The van der Waals surface area contributed by atoms with Gasteiger partial charge in [-0.3, -0.25) is 9.48 Å². The molecule has 0 unspecified atom stereocenters. The third kappa shape index (κ3) is 2.81. The summed E-state index contributed by atoms with van der Waals surface area (Å²) >= 11 is 0. The molecule has 20 heavy (non-hydrogen) atoms. The first-order valence-corrected chi connectivity index (χ1v) is 6.07. The maximum absolute atomic E-state index is 12.0. The van der Waals surface area contributed by atoms with Crippen molar-refractivity contribution in [1.29, 1.82) is 5.26 Å². The summed E-state index contributed by atoms with van der Waals surface area (Å²) in [6, 6.07) is 7.33. The molecule has 7 nitrogen and oxygen atoms in total. The van der Waals surface area contributed by atoms with Gasteiger partial charge in [0.1, 0.15) is 6.07 Å². The fraction of sp³-hybridized carbons (Fsp3) is 0.231. The lowest BCUT2D eigenvalue weighted by atomic mass is 10.1. The average Bonchev–Trinajstić information content (AvgIpc) is 2.88. The molecule has 0 saturated carbocycles. The van der Waals surface area contributed by atoms with Gasteiger partial charge >= 0.3 is 0 Å². The number of hydrogen-bond acceptors (Lipinski definition) is 5. The van der Waals surface area contributed by atoms with Crippen LogP contribution in [-0.4, -0.2) is 27.4 Å². The van der Waals surface area contributed by atoms with E-state index in [1.807, 2.05) is 13.0 Å². The average molecular weight is 270 g/mol. The summed E-state index contributed by atoms with van der Waals surface area (Å²) in [6.45, 7) is 2.72. The first-order chi connectivity index (χ1) is 9.65. The van der Waals surface area contributed by atoms with Gasteiger partial charge in [-0.25, -0.2) is 0 Å². The van der Waals surface area contributed by atoms with Crippen molar-refractivity contribution in [1.82, 2.24) is 15.0 Å². The zero-order valence-electron chi connectivity index (χ0n) is 11.0. The molecule has 2 aromatic rings. The summed E-state index contributed by atoms with van der Waals surface area (Å²) in [5.41, 5.74) is 7.29. The third-order valence-electron chi connectivity index (χ3n) is 2.76. The van der Waals surface area contributed by atoms with E-state index in [2.05, 4.69) is 21.7 Å². The first-order valence-electron chi connectivity index (χ1n) is 6.07. The Morgan fingerprint density at radius 2 is 2.35 bits per heavy atom. The van der Waals surface area contributed by atoms with E-state index in [4.69, 9.17) is 11.0 Å². The maximum Gasteiger partial charge on any atom is 0.277 e. The van der Waals surface area contributed by atoms with E-state index in [-0.39, 0.29) is 5.69 Å². The van der Waals surface area contributed by atoms with Crippen molar-refractivity contribution in [2.45, 2.75) is 13.5 Å². The predicted octanol–water partition coefficient (Wildman–Crippen LogP) is 0.669. The van der Waals surface area contributed by atoms with E-state index in [9.17, 15) is 4.79 Å².